The van der Waals surface area contributed by atoms with Crippen molar-refractivity contribution in [2.75, 3.05) is 16.8 Å². The summed E-state index contributed by atoms with van der Waals surface area (Å²) >= 11 is 0. The standard InChI is InChI=1S/C20H21N5O2/c1-20(2,3)27-19(26)25-11-8-13-12-14(4-6-16(13)25)23-17-7-5-15-18(24-17)22-10-9-21-15/h4-7,9-10,12H,8,11H2,1-3H3,(H,22,23,24). The summed E-state index contributed by atoms with van der Waals surface area (Å²) in [6, 6.07) is 9.67. The molecule has 0 saturated carbocycles. The topological polar surface area (TPSA) is 80.2 Å². The molecule has 0 spiro atoms. The maximum atomic E-state index is 12.4. The van der Waals surface area contributed by atoms with Gasteiger partial charge in [0.2, 0.25) is 0 Å². The third-order valence-corrected chi connectivity index (χ3v) is 4.19. The normalized spacial score (nSPS) is 13.5. The SMILES string of the molecule is CC(C)(C)OC(=O)N1CCc2cc(Nc3ccc4nccnc4n3)ccc21. The smallest absolute Gasteiger partial charge is 0.414 e. The van der Waals surface area contributed by atoms with Crippen LogP contribution in [0.1, 0.15) is 26.3 Å². The highest BCUT2D eigenvalue weighted by molar-refractivity contribution is 5.91. The maximum absolute atomic E-state index is 12.4. The Morgan fingerprint density at radius 2 is 1.96 bits per heavy atom. The summed E-state index contributed by atoms with van der Waals surface area (Å²) in [7, 11) is 0. The number of rotatable bonds is 2. The van der Waals surface area contributed by atoms with Crippen LogP contribution in [0.4, 0.5) is 22.0 Å². The van der Waals surface area contributed by atoms with E-state index in [9.17, 15) is 4.79 Å². The summed E-state index contributed by atoms with van der Waals surface area (Å²) in [5.41, 5.74) is 3.75. The minimum Gasteiger partial charge on any atom is -0.443 e. The molecule has 3 aromatic rings. The number of nitrogens with zero attached hydrogens (tertiary/aromatic N) is 4. The van der Waals surface area contributed by atoms with Gasteiger partial charge in [-0.2, -0.15) is 0 Å². The van der Waals surface area contributed by atoms with Gasteiger partial charge in [-0.25, -0.2) is 14.8 Å². The first-order chi connectivity index (χ1) is 12.9. The van der Waals surface area contributed by atoms with Gasteiger partial charge in [-0.1, -0.05) is 0 Å². The summed E-state index contributed by atoms with van der Waals surface area (Å²) in [6.07, 6.45) is 3.76. The lowest BCUT2D eigenvalue weighted by molar-refractivity contribution is 0.0584. The van der Waals surface area contributed by atoms with Crippen LogP contribution in [-0.4, -0.2) is 33.2 Å². The summed E-state index contributed by atoms with van der Waals surface area (Å²) in [6.45, 7) is 6.24. The van der Waals surface area contributed by atoms with Crippen LogP contribution in [0.15, 0.2) is 42.7 Å². The van der Waals surface area contributed by atoms with Crippen molar-refractivity contribution < 1.29 is 9.53 Å². The molecular weight excluding hydrogens is 342 g/mol. The fraction of sp³-hybridized carbons (Fsp3) is 0.300. The minimum absolute atomic E-state index is 0.309. The lowest BCUT2D eigenvalue weighted by Gasteiger charge is -2.24. The number of amides is 1. The molecular formula is C20H21N5O2. The van der Waals surface area contributed by atoms with Crippen molar-refractivity contribution in [1.82, 2.24) is 15.0 Å². The predicted molar refractivity (Wildman–Crippen MR) is 104 cm³/mol. The monoisotopic (exact) mass is 363 g/mol. The summed E-state index contributed by atoms with van der Waals surface area (Å²) in [5.74, 6) is 0.699. The minimum atomic E-state index is -0.508. The van der Waals surface area contributed by atoms with Gasteiger partial charge < -0.3 is 10.1 Å². The molecule has 1 amide bonds. The zero-order valence-corrected chi connectivity index (χ0v) is 15.6. The first-order valence-electron chi connectivity index (χ1n) is 8.87. The van der Waals surface area contributed by atoms with Gasteiger partial charge in [0.15, 0.2) is 5.65 Å². The average Bonchev–Trinajstić information content (AvgIpc) is 3.03. The summed E-state index contributed by atoms with van der Waals surface area (Å²) in [4.78, 5) is 27.0. The Labute approximate surface area is 157 Å². The quantitative estimate of drug-likeness (QED) is 0.739. The van der Waals surface area contributed by atoms with Crippen LogP contribution < -0.4 is 10.2 Å². The molecule has 3 heterocycles. The van der Waals surface area contributed by atoms with Crippen molar-refractivity contribution in [3.05, 3.63) is 48.3 Å². The first kappa shape index (κ1) is 17.2. The van der Waals surface area contributed by atoms with Crippen molar-refractivity contribution in [3.63, 3.8) is 0 Å². The lowest BCUT2D eigenvalue weighted by atomic mass is 10.1. The first-order valence-corrected chi connectivity index (χ1v) is 8.87. The van der Waals surface area contributed by atoms with Gasteiger partial charge in [-0.15, -0.1) is 0 Å². The Kier molecular flexibility index (Phi) is 4.14. The molecule has 0 aliphatic carbocycles. The van der Waals surface area contributed by atoms with Crippen LogP contribution in [0.5, 0.6) is 0 Å². The van der Waals surface area contributed by atoms with Crippen LogP contribution in [-0.2, 0) is 11.2 Å². The Morgan fingerprint density at radius 1 is 1.15 bits per heavy atom. The van der Waals surface area contributed by atoms with Crippen LogP contribution >= 0.6 is 0 Å². The number of carbonyl (C=O) groups is 1. The molecule has 0 radical (unpaired) electrons. The molecule has 0 atom stereocenters. The fourth-order valence-electron chi connectivity index (χ4n) is 3.06. The van der Waals surface area contributed by atoms with Gasteiger partial charge in [-0.3, -0.25) is 9.88 Å². The molecule has 27 heavy (non-hydrogen) atoms. The molecule has 1 aliphatic heterocycles. The van der Waals surface area contributed by atoms with Crippen molar-refractivity contribution in [3.8, 4) is 0 Å². The van der Waals surface area contributed by atoms with Gasteiger partial charge in [0, 0.05) is 24.6 Å². The molecule has 0 fully saturated rings. The number of benzene rings is 1. The Bertz CT molecular complexity index is 1010. The third kappa shape index (κ3) is 3.67. The fourth-order valence-corrected chi connectivity index (χ4v) is 3.06. The number of fused-ring (bicyclic) bond motifs is 2. The van der Waals surface area contributed by atoms with E-state index in [0.717, 1.165) is 28.9 Å². The summed E-state index contributed by atoms with van der Waals surface area (Å²) < 4.78 is 5.49. The second-order valence-corrected chi connectivity index (χ2v) is 7.45. The Hall–Kier alpha value is -3.22. The highest BCUT2D eigenvalue weighted by Crippen LogP contribution is 2.32. The highest BCUT2D eigenvalue weighted by Gasteiger charge is 2.28. The van der Waals surface area contributed by atoms with Crippen molar-refractivity contribution in [2.45, 2.75) is 32.8 Å². The van der Waals surface area contributed by atoms with Crippen LogP contribution in [0, 0.1) is 0 Å². The number of hydrogen-bond acceptors (Lipinski definition) is 6. The van der Waals surface area contributed by atoms with E-state index in [1.807, 2.05) is 51.1 Å². The number of hydrogen-bond donors (Lipinski definition) is 1. The van der Waals surface area contributed by atoms with Crippen LogP contribution in [0.2, 0.25) is 0 Å². The van der Waals surface area contributed by atoms with E-state index >= 15 is 0 Å². The van der Waals surface area contributed by atoms with E-state index in [-0.39, 0.29) is 6.09 Å². The van der Waals surface area contributed by atoms with E-state index in [0.29, 0.717) is 18.0 Å². The van der Waals surface area contributed by atoms with E-state index in [1.54, 1.807) is 17.3 Å². The molecule has 4 rings (SSSR count). The van der Waals surface area contributed by atoms with E-state index in [2.05, 4.69) is 20.3 Å². The molecule has 0 bridgehead atoms. The van der Waals surface area contributed by atoms with Gasteiger partial charge in [-0.05, 0) is 63.1 Å². The van der Waals surface area contributed by atoms with Crippen molar-refractivity contribution >= 4 is 34.4 Å². The molecule has 2 aromatic heterocycles. The average molecular weight is 363 g/mol. The van der Waals surface area contributed by atoms with Crippen LogP contribution in [0.25, 0.3) is 11.2 Å². The predicted octanol–water partition coefficient (Wildman–Crippen LogP) is 4.07. The zero-order valence-electron chi connectivity index (χ0n) is 15.6. The van der Waals surface area contributed by atoms with E-state index < -0.39 is 5.60 Å². The Balaban J connectivity index is 1.54. The summed E-state index contributed by atoms with van der Waals surface area (Å²) in [5, 5.41) is 3.29. The van der Waals surface area contributed by atoms with Gasteiger partial charge in [0.25, 0.3) is 0 Å². The molecule has 7 nitrogen and oxygen atoms in total. The second-order valence-electron chi connectivity index (χ2n) is 7.45. The van der Waals surface area contributed by atoms with Gasteiger partial charge >= 0.3 is 6.09 Å². The molecule has 7 heteroatoms. The van der Waals surface area contributed by atoms with Gasteiger partial charge in [0.05, 0.1) is 5.69 Å². The van der Waals surface area contributed by atoms with E-state index in [1.165, 1.54) is 0 Å². The molecule has 1 aliphatic rings. The number of ether oxygens (including phenoxy) is 1. The maximum Gasteiger partial charge on any atom is 0.414 e. The number of carbonyl (C=O) groups excluding carboxylic acids is 1. The molecule has 0 unspecified atom stereocenters. The van der Waals surface area contributed by atoms with Gasteiger partial charge in [0.1, 0.15) is 16.9 Å². The molecule has 138 valence electrons. The second kappa shape index (κ2) is 6.50. The number of anilines is 3. The molecule has 1 aromatic carbocycles. The van der Waals surface area contributed by atoms with Crippen molar-refractivity contribution in [1.29, 1.82) is 0 Å². The lowest BCUT2D eigenvalue weighted by Crippen LogP contribution is -2.35. The zero-order chi connectivity index (χ0) is 19.0. The molecule has 0 saturated heterocycles. The number of pyridine rings is 1. The highest BCUT2D eigenvalue weighted by atomic mass is 16.6. The molecule has 1 N–H and O–H groups in total. The third-order valence-electron chi connectivity index (χ3n) is 4.19. The number of nitrogens with one attached hydrogen (secondary N) is 1. The number of aromatic nitrogens is 3. The van der Waals surface area contributed by atoms with E-state index in [4.69, 9.17) is 4.74 Å². The Morgan fingerprint density at radius 3 is 2.78 bits per heavy atom. The van der Waals surface area contributed by atoms with Crippen LogP contribution in [0.3, 0.4) is 0 Å². The van der Waals surface area contributed by atoms with Crippen molar-refractivity contribution in [2.24, 2.45) is 0 Å². The largest absolute Gasteiger partial charge is 0.443 e.